The zero-order valence-electron chi connectivity index (χ0n) is 15.0. The highest BCUT2D eigenvalue weighted by atomic mass is 35.5. The summed E-state index contributed by atoms with van der Waals surface area (Å²) in [6.45, 7) is 0. The number of nitrogens with zero attached hydrogens (tertiary/aromatic N) is 2. The Kier molecular flexibility index (Phi) is 6.18. The first-order valence-corrected chi connectivity index (χ1v) is 9.65. The van der Waals surface area contributed by atoms with Crippen LogP contribution in [-0.2, 0) is 15.8 Å². The molecule has 0 aliphatic carbocycles. The van der Waals surface area contributed by atoms with Crippen molar-refractivity contribution in [2.45, 2.75) is 17.8 Å². The number of amidine groups is 1. The van der Waals surface area contributed by atoms with Crippen molar-refractivity contribution in [2.75, 3.05) is 12.4 Å². The number of alkyl halides is 3. The molecule has 10 heteroatoms. The van der Waals surface area contributed by atoms with Gasteiger partial charge in [-0.05, 0) is 36.4 Å². The van der Waals surface area contributed by atoms with E-state index in [1.807, 2.05) is 0 Å². The molecule has 5 nitrogen and oxygen atoms in total. The number of carbonyl (C=O) groups is 2. The maximum Gasteiger partial charge on any atom is 0.416 e. The quantitative estimate of drug-likeness (QED) is 0.733. The number of amides is 2. The first-order chi connectivity index (χ1) is 13.6. The second kappa shape index (κ2) is 8.46. The Morgan fingerprint density at radius 1 is 1.24 bits per heavy atom. The number of thioether (sulfide) groups is 1. The van der Waals surface area contributed by atoms with Crippen molar-refractivity contribution in [3.63, 3.8) is 0 Å². The molecule has 1 atom stereocenters. The Balaban J connectivity index is 1.81. The highest BCUT2D eigenvalue weighted by Gasteiger charge is 2.34. The van der Waals surface area contributed by atoms with Gasteiger partial charge in [0.25, 0.3) is 0 Å². The molecule has 1 fully saturated rings. The maximum atomic E-state index is 12.9. The first-order valence-electron chi connectivity index (χ1n) is 8.39. The van der Waals surface area contributed by atoms with E-state index in [-0.39, 0.29) is 23.2 Å². The van der Waals surface area contributed by atoms with E-state index in [1.54, 1.807) is 24.3 Å². The molecule has 1 saturated heterocycles. The third-order valence-corrected chi connectivity index (χ3v) is 5.53. The van der Waals surface area contributed by atoms with Gasteiger partial charge in [0.1, 0.15) is 5.25 Å². The molecule has 0 radical (unpaired) electrons. The molecule has 1 N–H and O–H groups in total. The van der Waals surface area contributed by atoms with E-state index in [0.717, 1.165) is 23.9 Å². The highest BCUT2D eigenvalue weighted by molar-refractivity contribution is 8.15. The first kappa shape index (κ1) is 21.2. The van der Waals surface area contributed by atoms with Gasteiger partial charge in [0.15, 0.2) is 5.17 Å². The van der Waals surface area contributed by atoms with E-state index < -0.39 is 22.9 Å². The number of anilines is 1. The Morgan fingerprint density at radius 2 is 1.97 bits per heavy atom. The van der Waals surface area contributed by atoms with Crippen molar-refractivity contribution in [1.82, 2.24) is 4.90 Å². The SMILES string of the molecule is CN1C(=O)CC(C(=O)Nc2cccc(Cl)c2)SC1=Nc1cccc(C(F)(F)F)c1. The zero-order valence-corrected chi connectivity index (χ0v) is 16.6. The molecule has 0 spiro atoms. The summed E-state index contributed by atoms with van der Waals surface area (Å²) >= 11 is 6.91. The van der Waals surface area contributed by atoms with Crippen molar-refractivity contribution in [3.05, 3.63) is 59.1 Å². The van der Waals surface area contributed by atoms with Gasteiger partial charge in [-0.2, -0.15) is 13.2 Å². The van der Waals surface area contributed by atoms with Gasteiger partial charge < -0.3 is 5.32 Å². The van der Waals surface area contributed by atoms with Crippen LogP contribution < -0.4 is 5.32 Å². The van der Waals surface area contributed by atoms with E-state index in [1.165, 1.54) is 24.1 Å². The average Bonchev–Trinajstić information content (AvgIpc) is 2.65. The fourth-order valence-electron chi connectivity index (χ4n) is 2.55. The summed E-state index contributed by atoms with van der Waals surface area (Å²) in [7, 11) is 1.47. The van der Waals surface area contributed by atoms with Crippen LogP contribution in [0.3, 0.4) is 0 Å². The summed E-state index contributed by atoms with van der Waals surface area (Å²) in [6.07, 6.45) is -4.56. The summed E-state index contributed by atoms with van der Waals surface area (Å²) in [6, 6.07) is 11.0. The number of halogens is 4. The van der Waals surface area contributed by atoms with E-state index in [4.69, 9.17) is 11.6 Å². The minimum absolute atomic E-state index is 0.0397. The molecule has 2 amide bonds. The molecule has 2 aromatic rings. The number of nitrogens with one attached hydrogen (secondary N) is 1. The molecule has 2 aromatic carbocycles. The van der Waals surface area contributed by atoms with Gasteiger partial charge in [-0.15, -0.1) is 0 Å². The number of carbonyl (C=O) groups excluding carboxylic acids is 2. The number of hydrogen-bond acceptors (Lipinski definition) is 4. The van der Waals surface area contributed by atoms with Crippen LogP contribution in [0.25, 0.3) is 0 Å². The van der Waals surface area contributed by atoms with Gasteiger partial charge in [-0.3, -0.25) is 14.5 Å². The Labute approximate surface area is 173 Å². The number of benzene rings is 2. The van der Waals surface area contributed by atoms with Crippen LogP contribution in [0.4, 0.5) is 24.5 Å². The third-order valence-electron chi connectivity index (χ3n) is 4.05. The molecule has 0 saturated carbocycles. The van der Waals surface area contributed by atoms with E-state index in [2.05, 4.69) is 10.3 Å². The summed E-state index contributed by atoms with van der Waals surface area (Å²) in [4.78, 5) is 30.2. The molecule has 1 aliphatic rings. The van der Waals surface area contributed by atoms with Crippen LogP contribution in [0.1, 0.15) is 12.0 Å². The molecule has 3 rings (SSSR count). The van der Waals surface area contributed by atoms with Gasteiger partial charge in [-0.1, -0.05) is 35.5 Å². The van der Waals surface area contributed by atoms with Crippen LogP contribution >= 0.6 is 23.4 Å². The minimum atomic E-state index is -4.50. The van der Waals surface area contributed by atoms with Crippen LogP contribution in [-0.4, -0.2) is 34.2 Å². The van der Waals surface area contributed by atoms with Crippen LogP contribution in [0, 0.1) is 0 Å². The van der Waals surface area contributed by atoms with Gasteiger partial charge >= 0.3 is 6.18 Å². The zero-order chi connectivity index (χ0) is 21.2. The lowest BCUT2D eigenvalue weighted by atomic mass is 10.2. The number of hydrogen-bond donors (Lipinski definition) is 1. The van der Waals surface area contributed by atoms with Crippen molar-refractivity contribution >= 4 is 51.7 Å². The lowest BCUT2D eigenvalue weighted by molar-refractivity contribution is -0.137. The molecule has 0 aromatic heterocycles. The third kappa shape index (κ3) is 5.30. The number of aliphatic imine (C=N–C) groups is 1. The molecular formula is C19H15ClF3N3O2S. The summed E-state index contributed by atoms with van der Waals surface area (Å²) < 4.78 is 38.7. The van der Waals surface area contributed by atoms with Crippen LogP contribution in [0.5, 0.6) is 0 Å². The predicted molar refractivity (Wildman–Crippen MR) is 107 cm³/mol. The topological polar surface area (TPSA) is 61.8 Å². The average molecular weight is 442 g/mol. The minimum Gasteiger partial charge on any atom is -0.325 e. The van der Waals surface area contributed by atoms with Crippen molar-refractivity contribution in [2.24, 2.45) is 4.99 Å². The lowest BCUT2D eigenvalue weighted by Gasteiger charge is -2.28. The molecule has 1 unspecified atom stereocenters. The fourth-order valence-corrected chi connectivity index (χ4v) is 3.80. The monoisotopic (exact) mass is 441 g/mol. The Morgan fingerprint density at radius 3 is 2.66 bits per heavy atom. The van der Waals surface area contributed by atoms with E-state index in [0.29, 0.717) is 10.7 Å². The molecule has 152 valence electrons. The molecule has 1 aliphatic heterocycles. The predicted octanol–water partition coefficient (Wildman–Crippen LogP) is 4.95. The Hall–Kier alpha value is -2.52. The summed E-state index contributed by atoms with van der Waals surface area (Å²) in [5.41, 5.74) is -0.326. The second-order valence-electron chi connectivity index (χ2n) is 6.21. The largest absolute Gasteiger partial charge is 0.416 e. The number of rotatable bonds is 3. The smallest absolute Gasteiger partial charge is 0.325 e. The van der Waals surface area contributed by atoms with Gasteiger partial charge in [0, 0.05) is 24.2 Å². The van der Waals surface area contributed by atoms with Crippen molar-refractivity contribution < 1.29 is 22.8 Å². The van der Waals surface area contributed by atoms with Gasteiger partial charge in [0.2, 0.25) is 11.8 Å². The normalized spacial score (nSPS) is 18.8. The standard InChI is InChI=1S/C19H15ClF3N3O2S/c1-26-16(27)10-15(17(28)24-14-7-3-5-12(20)9-14)29-18(26)25-13-6-2-4-11(8-13)19(21,22)23/h2-9,15H,10H2,1H3,(H,24,28). The highest BCUT2D eigenvalue weighted by Crippen LogP contribution is 2.33. The van der Waals surface area contributed by atoms with E-state index in [9.17, 15) is 22.8 Å². The van der Waals surface area contributed by atoms with E-state index >= 15 is 0 Å². The molecule has 1 heterocycles. The van der Waals surface area contributed by atoms with Crippen molar-refractivity contribution in [1.29, 1.82) is 0 Å². The van der Waals surface area contributed by atoms with Gasteiger partial charge in [-0.25, -0.2) is 4.99 Å². The van der Waals surface area contributed by atoms with Crippen LogP contribution in [0.2, 0.25) is 5.02 Å². The maximum absolute atomic E-state index is 12.9. The Bertz CT molecular complexity index is 981. The summed E-state index contributed by atoms with van der Waals surface area (Å²) in [5, 5.41) is 2.50. The summed E-state index contributed by atoms with van der Waals surface area (Å²) in [5.74, 6) is -0.781. The molecular weight excluding hydrogens is 427 g/mol. The lowest BCUT2D eigenvalue weighted by Crippen LogP contribution is -2.43. The molecule has 0 bridgehead atoms. The van der Waals surface area contributed by atoms with Crippen LogP contribution in [0.15, 0.2) is 53.5 Å². The molecule has 29 heavy (non-hydrogen) atoms. The van der Waals surface area contributed by atoms with Crippen molar-refractivity contribution in [3.8, 4) is 0 Å². The second-order valence-corrected chi connectivity index (χ2v) is 7.81. The fraction of sp³-hybridized carbons (Fsp3) is 0.211. The van der Waals surface area contributed by atoms with Gasteiger partial charge in [0.05, 0.1) is 11.3 Å².